The van der Waals surface area contributed by atoms with E-state index in [1.807, 2.05) is 0 Å². The van der Waals surface area contributed by atoms with Crippen molar-refractivity contribution in [2.45, 2.75) is 12.8 Å². The van der Waals surface area contributed by atoms with Crippen LogP contribution in [0.25, 0.3) is 5.76 Å². The van der Waals surface area contributed by atoms with Gasteiger partial charge in [0.1, 0.15) is 11.6 Å². The molecule has 9 heteroatoms. The molecule has 110 valence electrons. The number of alkyl halides is 2. The minimum Gasteiger partial charge on any atom is -0.506 e. The number of nitro benzene ring substituents is 1. The lowest BCUT2D eigenvalue weighted by atomic mass is 10.0. The number of hydrogen-bond acceptors (Lipinski definition) is 5. The molecular weight excluding hydrogens is 310 g/mol. The number of nitrogens with zero attached hydrogens (tertiary/aromatic N) is 2. The molecule has 0 aromatic heterocycles. The van der Waals surface area contributed by atoms with Crippen molar-refractivity contribution in [2.24, 2.45) is 0 Å². The summed E-state index contributed by atoms with van der Waals surface area (Å²) in [7, 11) is 0. The Balaban J connectivity index is 3.58. The van der Waals surface area contributed by atoms with E-state index in [9.17, 15) is 28.8 Å². The molecule has 0 aliphatic carbocycles. The number of nitro groups is 1. The molecule has 0 atom stereocenters. The number of carbonyl (C=O) groups excluding carboxylic acids is 1. The fraction of sp³-hybridized carbons (Fsp3) is 0.167. The van der Waals surface area contributed by atoms with E-state index in [1.165, 1.54) is 0 Å². The van der Waals surface area contributed by atoms with Gasteiger partial charge < -0.3 is 5.11 Å². The number of carbonyl (C=O) groups is 1. The van der Waals surface area contributed by atoms with Crippen molar-refractivity contribution in [1.29, 1.82) is 5.26 Å². The Kier molecular flexibility index (Phi) is 4.60. The number of benzene rings is 1. The van der Waals surface area contributed by atoms with Crippen LogP contribution in [-0.2, 0) is 4.79 Å². The van der Waals surface area contributed by atoms with Gasteiger partial charge >= 0.3 is 5.92 Å². The third-order valence-corrected chi connectivity index (χ3v) is 2.62. The molecule has 0 spiro atoms. The first kappa shape index (κ1) is 16.5. The maximum atomic E-state index is 13.0. The van der Waals surface area contributed by atoms with Gasteiger partial charge in [0.2, 0.25) is 5.78 Å². The van der Waals surface area contributed by atoms with Gasteiger partial charge in [-0.25, -0.2) is 0 Å². The molecule has 0 bridgehead atoms. The summed E-state index contributed by atoms with van der Waals surface area (Å²) in [4.78, 5) is 21.3. The highest BCUT2D eigenvalue weighted by atomic mass is 35.5. The monoisotopic (exact) mass is 316 g/mol. The van der Waals surface area contributed by atoms with Crippen LogP contribution in [0.2, 0.25) is 5.02 Å². The molecule has 1 aromatic carbocycles. The van der Waals surface area contributed by atoms with Crippen molar-refractivity contribution in [2.75, 3.05) is 0 Å². The summed E-state index contributed by atoms with van der Waals surface area (Å²) < 4.78 is 25.9. The van der Waals surface area contributed by atoms with E-state index in [-0.39, 0.29) is 11.9 Å². The number of rotatable bonds is 4. The topological polar surface area (TPSA) is 104 Å². The third-order valence-electron chi connectivity index (χ3n) is 2.39. The highest BCUT2D eigenvalue weighted by Gasteiger charge is 2.38. The predicted molar refractivity (Wildman–Crippen MR) is 68.9 cm³/mol. The first-order valence-electron chi connectivity index (χ1n) is 5.30. The van der Waals surface area contributed by atoms with Crippen LogP contribution in [0, 0.1) is 21.4 Å². The first-order chi connectivity index (χ1) is 9.59. The molecule has 0 saturated heterocycles. The highest BCUT2D eigenvalue weighted by molar-refractivity contribution is 6.30. The van der Waals surface area contributed by atoms with Gasteiger partial charge in [0, 0.05) is 18.0 Å². The number of halogens is 3. The molecule has 0 heterocycles. The van der Waals surface area contributed by atoms with Gasteiger partial charge in [-0.2, -0.15) is 14.0 Å². The van der Waals surface area contributed by atoms with Gasteiger partial charge in [-0.1, -0.05) is 11.6 Å². The maximum Gasteiger partial charge on any atom is 0.307 e. The zero-order valence-corrected chi connectivity index (χ0v) is 11.2. The maximum absolute atomic E-state index is 13.0. The Labute approximate surface area is 122 Å². The number of ketones is 1. The normalized spacial score (nSPS) is 12.3. The second kappa shape index (κ2) is 5.85. The molecule has 21 heavy (non-hydrogen) atoms. The van der Waals surface area contributed by atoms with Crippen molar-refractivity contribution in [3.63, 3.8) is 0 Å². The lowest BCUT2D eigenvalue weighted by molar-refractivity contribution is -0.385. The molecule has 0 amide bonds. The fourth-order valence-electron chi connectivity index (χ4n) is 1.42. The zero-order valence-electron chi connectivity index (χ0n) is 10.4. The van der Waals surface area contributed by atoms with Crippen LogP contribution in [0.5, 0.6) is 0 Å². The Morgan fingerprint density at radius 2 is 2.10 bits per heavy atom. The van der Waals surface area contributed by atoms with Crippen LogP contribution >= 0.6 is 11.6 Å². The van der Waals surface area contributed by atoms with E-state index in [2.05, 4.69) is 0 Å². The number of hydrogen-bond donors (Lipinski definition) is 1. The Hall–Kier alpha value is -2.53. The second-order valence-corrected chi connectivity index (χ2v) is 4.41. The average molecular weight is 317 g/mol. The van der Waals surface area contributed by atoms with Gasteiger partial charge in [0.15, 0.2) is 5.76 Å². The molecule has 6 nitrogen and oxygen atoms in total. The summed E-state index contributed by atoms with van der Waals surface area (Å²) in [5, 5.41) is 29.4. The van der Waals surface area contributed by atoms with Crippen molar-refractivity contribution in [3.05, 3.63) is 44.5 Å². The molecule has 0 radical (unpaired) electrons. The average Bonchev–Trinajstić information content (AvgIpc) is 2.37. The quantitative estimate of drug-likeness (QED) is 0.302. The fourth-order valence-corrected chi connectivity index (χ4v) is 1.59. The molecule has 1 rings (SSSR count). The standard InChI is InChI=1S/C12H7ClF2N2O4/c1-12(14,15)11(19)8(5-16)10(18)7-3-2-6(13)4-9(7)17(20)21/h2-4,18H,1H3. The van der Waals surface area contributed by atoms with Gasteiger partial charge in [-0.3, -0.25) is 14.9 Å². The lowest BCUT2D eigenvalue weighted by Crippen LogP contribution is -2.26. The van der Waals surface area contributed by atoms with Crippen LogP contribution in [0.4, 0.5) is 14.5 Å². The van der Waals surface area contributed by atoms with Crippen molar-refractivity contribution < 1.29 is 23.6 Å². The summed E-state index contributed by atoms with van der Waals surface area (Å²) >= 11 is 5.56. The van der Waals surface area contributed by atoms with E-state index in [1.54, 1.807) is 0 Å². The number of Topliss-reactive ketones (excluding diaryl/α,β-unsaturated/α-hetero) is 1. The van der Waals surface area contributed by atoms with Gasteiger partial charge in [-0.05, 0) is 12.1 Å². The Morgan fingerprint density at radius 1 is 1.52 bits per heavy atom. The van der Waals surface area contributed by atoms with E-state index in [0.717, 1.165) is 24.3 Å². The summed E-state index contributed by atoms with van der Waals surface area (Å²) in [5.41, 5.74) is -2.55. The molecule has 0 aliphatic heterocycles. The smallest absolute Gasteiger partial charge is 0.307 e. The number of aliphatic hydroxyl groups excluding tert-OH is 1. The first-order valence-corrected chi connectivity index (χ1v) is 5.67. The number of aliphatic hydroxyl groups is 1. The minimum absolute atomic E-state index is 0.0381. The molecule has 0 saturated carbocycles. The predicted octanol–water partition coefficient (Wildman–Crippen LogP) is 3.27. The van der Waals surface area contributed by atoms with Crippen molar-refractivity contribution in [1.82, 2.24) is 0 Å². The molecule has 1 aromatic rings. The highest BCUT2D eigenvalue weighted by Crippen LogP contribution is 2.31. The second-order valence-electron chi connectivity index (χ2n) is 3.97. The van der Waals surface area contributed by atoms with E-state index in [0.29, 0.717) is 0 Å². The summed E-state index contributed by atoms with van der Waals surface area (Å²) in [6.45, 7) is 0.246. The molecule has 0 unspecified atom stereocenters. The third kappa shape index (κ3) is 3.52. The zero-order chi connectivity index (χ0) is 16.4. The molecule has 0 aliphatic rings. The summed E-state index contributed by atoms with van der Waals surface area (Å²) in [6.07, 6.45) is 0. The molecule has 1 N–H and O–H groups in total. The van der Waals surface area contributed by atoms with Crippen molar-refractivity contribution in [3.8, 4) is 6.07 Å². The van der Waals surface area contributed by atoms with Crippen molar-refractivity contribution >= 4 is 28.8 Å². The minimum atomic E-state index is -3.90. The summed E-state index contributed by atoms with van der Waals surface area (Å²) in [6, 6.07) is 4.08. The van der Waals surface area contributed by atoms with Crippen LogP contribution in [0.3, 0.4) is 0 Å². The van der Waals surface area contributed by atoms with Gasteiger partial charge in [-0.15, -0.1) is 0 Å². The summed E-state index contributed by atoms with van der Waals surface area (Å²) in [5.74, 6) is -7.04. The van der Waals surface area contributed by atoms with Crippen LogP contribution in [-0.4, -0.2) is 21.7 Å². The lowest BCUT2D eigenvalue weighted by Gasteiger charge is -2.09. The van der Waals surface area contributed by atoms with Gasteiger partial charge in [0.05, 0.1) is 10.5 Å². The SMILES string of the molecule is CC(F)(F)C(=O)C(C#N)=C(O)c1ccc(Cl)cc1[N+](=O)[O-]. The van der Waals surface area contributed by atoms with E-state index in [4.69, 9.17) is 16.9 Å². The Bertz CT molecular complexity index is 689. The van der Waals surface area contributed by atoms with E-state index >= 15 is 0 Å². The Morgan fingerprint density at radius 3 is 2.52 bits per heavy atom. The largest absolute Gasteiger partial charge is 0.506 e. The van der Waals surface area contributed by atoms with Crippen LogP contribution in [0.1, 0.15) is 12.5 Å². The number of nitriles is 1. The van der Waals surface area contributed by atoms with Gasteiger partial charge in [0.25, 0.3) is 5.69 Å². The van der Waals surface area contributed by atoms with Crippen LogP contribution in [0.15, 0.2) is 23.8 Å². The van der Waals surface area contributed by atoms with E-state index < -0.39 is 39.2 Å². The molecular formula is C12H7ClF2N2O4. The number of allylic oxidation sites excluding steroid dienone is 1. The van der Waals surface area contributed by atoms with Crippen LogP contribution < -0.4 is 0 Å². The molecule has 0 fully saturated rings.